The zero-order valence-corrected chi connectivity index (χ0v) is 22.3. The predicted octanol–water partition coefficient (Wildman–Crippen LogP) is 3.61. The highest BCUT2D eigenvalue weighted by Crippen LogP contribution is 2.40. The van der Waals surface area contributed by atoms with Crippen molar-refractivity contribution in [2.75, 3.05) is 44.4 Å². The molecule has 2 fully saturated rings. The van der Waals surface area contributed by atoms with Gasteiger partial charge in [-0.1, -0.05) is 31.8 Å². The molecule has 35 heavy (non-hydrogen) atoms. The lowest BCUT2D eigenvalue weighted by Gasteiger charge is -2.28. The fraction of sp³-hybridized carbons (Fsp3) is 0.615. The van der Waals surface area contributed by atoms with Crippen LogP contribution in [0.2, 0.25) is 25.7 Å². The van der Waals surface area contributed by atoms with E-state index >= 15 is 0 Å². The van der Waals surface area contributed by atoms with E-state index in [4.69, 9.17) is 14.5 Å². The van der Waals surface area contributed by atoms with E-state index in [1.54, 1.807) is 4.57 Å². The van der Waals surface area contributed by atoms with Gasteiger partial charge < -0.3 is 19.7 Å². The van der Waals surface area contributed by atoms with Crippen molar-refractivity contribution in [2.24, 2.45) is 0 Å². The summed E-state index contributed by atoms with van der Waals surface area (Å²) in [4.78, 5) is 19.9. The Morgan fingerprint density at radius 1 is 1.20 bits per heavy atom. The molecule has 2 heterocycles. The minimum absolute atomic E-state index is 0.0955. The van der Waals surface area contributed by atoms with E-state index in [2.05, 4.69) is 25.0 Å². The molecule has 1 saturated heterocycles. The summed E-state index contributed by atoms with van der Waals surface area (Å²) in [5.41, 5.74) is 2.01. The molecule has 1 aliphatic carbocycles. The van der Waals surface area contributed by atoms with Gasteiger partial charge in [0.2, 0.25) is 0 Å². The molecule has 9 heteroatoms. The molecule has 2 atom stereocenters. The van der Waals surface area contributed by atoms with Gasteiger partial charge in [0.05, 0.1) is 18.9 Å². The van der Waals surface area contributed by atoms with Crippen molar-refractivity contribution in [1.29, 1.82) is 0 Å². The summed E-state index contributed by atoms with van der Waals surface area (Å²) in [6.07, 6.45) is 4.66. The van der Waals surface area contributed by atoms with Crippen LogP contribution < -0.4 is 15.8 Å². The molecule has 1 saturated carbocycles. The van der Waals surface area contributed by atoms with Gasteiger partial charge in [-0.05, 0) is 49.5 Å². The summed E-state index contributed by atoms with van der Waals surface area (Å²) in [5, 5.41) is 3.61. The van der Waals surface area contributed by atoms with Crippen molar-refractivity contribution in [3.05, 3.63) is 57.9 Å². The fourth-order valence-corrected chi connectivity index (χ4v) is 5.13. The van der Waals surface area contributed by atoms with E-state index in [9.17, 15) is 9.18 Å². The molecule has 7 nitrogen and oxygen atoms in total. The average molecular weight is 503 g/mol. The Bertz CT molecular complexity index is 1020. The first-order chi connectivity index (χ1) is 16.8. The van der Waals surface area contributed by atoms with Crippen molar-refractivity contribution < 1.29 is 13.9 Å². The first-order valence-corrected chi connectivity index (χ1v) is 16.5. The number of anilines is 1. The van der Waals surface area contributed by atoms with Crippen LogP contribution in [0.3, 0.4) is 0 Å². The maximum atomic E-state index is 13.2. The Balaban J connectivity index is 1.33. The molecule has 4 rings (SSSR count). The number of hydrogen-bond donors (Lipinski definition) is 1. The second kappa shape index (κ2) is 11.8. The van der Waals surface area contributed by atoms with Gasteiger partial charge in [0.15, 0.2) is 5.82 Å². The number of aryl methyl sites for hydroxylation is 1. The quantitative estimate of drug-likeness (QED) is 0.353. The monoisotopic (exact) mass is 502 g/mol. The van der Waals surface area contributed by atoms with Gasteiger partial charge in [0.25, 0.3) is 5.56 Å². The Hall–Kier alpha value is -2.07. The average Bonchev–Trinajstić information content (AvgIpc) is 3.61. The third-order valence-electron chi connectivity index (χ3n) is 6.65. The highest BCUT2D eigenvalue weighted by Gasteiger charge is 2.37. The Labute approximate surface area is 208 Å². The van der Waals surface area contributed by atoms with E-state index in [-0.39, 0.29) is 18.1 Å². The van der Waals surface area contributed by atoms with Gasteiger partial charge in [-0.15, -0.1) is 0 Å². The molecule has 1 N–H and O–H groups in total. The number of nitrogens with zero attached hydrogens (tertiary/aromatic N) is 3. The smallest absolute Gasteiger partial charge is 0.295 e. The van der Waals surface area contributed by atoms with Crippen LogP contribution in [0, 0.1) is 5.82 Å². The summed E-state index contributed by atoms with van der Waals surface area (Å²) >= 11 is 0. The molecule has 1 aliphatic heterocycles. The van der Waals surface area contributed by atoms with Crippen LogP contribution in [0.4, 0.5) is 10.2 Å². The van der Waals surface area contributed by atoms with E-state index in [0.717, 1.165) is 37.5 Å². The van der Waals surface area contributed by atoms with Crippen molar-refractivity contribution in [2.45, 2.75) is 63.6 Å². The lowest BCUT2D eigenvalue weighted by Crippen LogP contribution is -2.41. The molecule has 0 radical (unpaired) electrons. The van der Waals surface area contributed by atoms with Gasteiger partial charge in [0.1, 0.15) is 12.5 Å². The summed E-state index contributed by atoms with van der Waals surface area (Å²) in [7, 11) is -1.18. The topological polar surface area (TPSA) is 68.6 Å². The number of nitrogens with one attached hydrogen (secondary N) is 1. The standard InChI is InChI=1S/C26H39FN4O3Si/c1-35(2,3)16-15-34-19-31-18-22(29-25(26(31)32)30-11-13-33-14-12-30)5-4-10-28-24-17-23(24)20-6-8-21(27)9-7-20/h6-9,18,23-24,28H,4-5,10-17,19H2,1-3H3/t23-,24+/m0/s1. The molecule has 192 valence electrons. The van der Waals surface area contributed by atoms with Crippen molar-refractivity contribution in [3.63, 3.8) is 0 Å². The number of aromatic nitrogens is 2. The number of morpholine rings is 1. The molecule has 0 spiro atoms. The first kappa shape index (κ1) is 26.0. The maximum Gasteiger partial charge on any atom is 0.295 e. The molecule has 1 aromatic heterocycles. The summed E-state index contributed by atoms with van der Waals surface area (Å²) < 4.78 is 26.2. The van der Waals surface area contributed by atoms with Crippen molar-refractivity contribution in [1.82, 2.24) is 14.9 Å². The molecular weight excluding hydrogens is 463 g/mol. The summed E-state index contributed by atoms with van der Waals surface area (Å²) in [6, 6.07) is 8.35. The zero-order valence-electron chi connectivity index (χ0n) is 21.3. The minimum atomic E-state index is -1.18. The number of hydrogen-bond acceptors (Lipinski definition) is 6. The number of halogens is 1. The Kier molecular flexibility index (Phi) is 8.75. The van der Waals surface area contributed by atoms with Crippen LogP contribution in [0.1, 0.15) is 30.0 Å². The fourth-order valence-electron chi connectivity index (χ4n) is 4.37. The normalized spacial score (nSPS) is 20.3. The summed E-state index contributed by atoms with van der Waals surface area (Å²) in [6.45, 7) is 11.3. The van der Waals surface area contributed by atoms with E-state index in [0.29, 0.717) is 50.7 Å². The molecule has 1 aromatic carbocycles. The van der Waals surface area contributed by atoms with Gasteiger partial charge in [-0.2, -0.15) is 0 Å². The molecule has 0 amide bonds. The van der Waals surface area contributed by atoms with Crippen LogP contribution in [0.15, 0.2) is 35.3 Å². The molecule has 0 bridgehead atoms. The van der Waals surface area contributed by atoms with Gasteiger partial charge in [-0.3, -0.25) is 9.36 Å². The lowest BCUT2D eigenvalue weighted by atomic mass is 10.1. The SMILES string of the molecule is C[Si](C)(C)CCOCn1cc(CCCN[C@@H]2C[C@H]2c2ccc(F)cc2)nc(N2CCOCC2)c1=O. The third-order valence-corrected chi connectivity index (χ3v) is 8.35. The highest BCUT2D eigenvalue weighted by atomic mass is 28.3. The van der Waals surface area contributed by atoms with E-state index < -0.39 is 8.07 Å². The van der Waals surface area contributed by atoms with Crippen LogP contribution >= 0.6 is 0 Å². The van der Waals surface area contributed by atoms with Gasteiger partial charge >= 0.3 is 0 Å². The van der Waals surface area contributed by atoms with Crippen molar-refractivity contribution in [3.8, 4) is 0 Å². The minimum Gasteiger partial charge on any atom is -0.378 e. The molecule has 2 aliphatic rings. The first-order valence-electron chi connectivity index (χ1n) is 12.8. The number of benzene rings is 1. The molecular formula is C26H39FN4O3Si. The maximum absolute atomic E-state index is 13.2. The number of ether oxygens (including phenoxy) is 2. The van der Waals surface area contributed by atoms with Gasteiger partial charge in [0, 0.05) is 45.9 Å². The molecule has 2 aromatic rings. The van der Waals surface area contributed by atoms with Crippen LogP contribution in [0.25, 0.3) is 0 Å². The highest BCUT2D eigenvalue weighted by molar-refractivity contribution is 6.76. The summed E-state index contributed by atoms with van der Waals surface area (Å²) in [5.74, 6) is 0.786. The van der Waals surface area contributed by atoms with Crippen LogP contribution in [0.5, 0.6) is 0 Å². The Morgan fingerprint density at radius 2 is 1.94 bits per heavy atom. The second-order valence-electron chi connectivity index (χ2n) is 10.8. The largest absolute Gasteiger partial charge is 0.378 e. The number of rotatable bonds is 12. The van der Waals surface area contributed by atoms with Gasteiger partial charge in [-0.25, -0.2) is 9.37 Å². The predicted molar refractivity (Wildman–Crippen MR) is 140 cm³/mol. The Morgan fingerprint density at radius 3 is 2.66 bits per heavy atom. The van der Waals surface area contributed by atoms with Crippen molar-refractivity contribution >= 4 is 13.9 Å². The van der Waals surface area contributed by atoms with Crippen LogP contribution in [-0.4, -0.2) is 63.1 Å². The lowest BCUT2D eigenvalue weighted by molar-refractivity contribution is 0.0842. The van der Waals surface area contributed by atoms with Crippen LogP contribution in [-0.2, 0) is 22.6 Å². The van der Waals surface area contributed by atoms with E-state index in [1.165, 1.54) is 17.7 Å². The van der Waals surface area contributed by atoms with E-state index in [1.807, 2.05) is 23.2 Å². The third kappa shape index (κ3) is 7.70. The zero-order chi connectivity index (χ0) is 24.8. The second-order valence-corrected chi connectivity index (χ2v) is 16.5. The molecule has 0 unspecified atom stereocenters.